The Labute approximate surface area is 159 Å². The van der Waals surface area contributed by atoms with Crippen LogP contribution in [0.4, 0.5) is 13.2 Å². The summed E-state index contributed by atoms with van der Waals surface area (Å²) in [5.41, 5.74) is 1.49. The normalized spacial score (nSPS) is 12.1. The molecular formula is C20H17F3O5. The zero-order valence-electron chi connectivity index (χ0n) is 15.0. The van der Waals surface area contributed by atoms with Crippen LogP contribution in [0.25, 0.3) is 11.6 Å². The van der Waals surface area contributed by atoms with Crippen LogP contribution < -0.4 is 14.2 Å². The van der Waals surface area contributed by atoms with E-state index in [2.05, 4.69) is 4.74 Å². The highest BCUT2D eigenvalue weighted by Crippen LogP contribution is 2.31. The molecule has 2 aromatic carbocycles. The highest BCUT2D eigenvalue weighted by Gasteiger charge is 2.30. The van der Waals surface area contributed by atoms with Gasteiger partial charge in [0, 0.05) is 6.08 Å². The quantitative estimate of drug-likeness (QED) is 0.541. The summed E-state index contributed by atoms with van der Waals surface area (Å²) in [6.45, 7) is 0. The Balaban J connectivity index is 2.29. The minimum absolute atomic E-state index is 0.342. The summed E-state index contributed by atoms with van der Waals surface area (Å²) in [7, 11) is 2.94. The number of halogens is 3. The number of allylic oxidation sites excluding steroid dienone is 2. The Morgan fingerprint density at radius 3 is 2.18 bits per heavy atom. The Morgan fingerprint density at radius 2 is 1.64 bits per heavy atom. The van der Waals surface area contributed by atoms with E-state index in [1.54, 1.807) is 24.3 Å². The number of rotatable bonds is 7. The molecule has 2 aromatic rings. The van der Waals surface area contributed by atoms with E-state index in [1.165, 1.54) is 44.6 Å². The van der Waals surface area contributed by atoms with Crippen LogP contribution in [0, 0.1) is 0 Å². The van der Waals surface area contributed by atoms with Gasteiger partial charge in [-0.2, -0.15) is 0 Å². The van der Waals surface area contributed by atoms with E-state index in [1.807, 2.05) is 0 Å². The Bertz CT molecular complexity index is 884. The van der Waals surface area contributed by atoms with Crippen LogP contribution in [0.2, 0.25) is 0 Å². The SMILES string of the molecule is COc1ccc(C(=C\C(=O)O)/C=C/c2ccc(OC(F)(F)F)cc2)cc1OC. The van der Waals surface area contributed by atoms with Gasteiger partial charge >= 0.3 is 12.3 Å². The van der Waals surface area contributed by atoms with Gasteiger partial charge < -0.3 is 19.3 Å². The highest BCUT2D eigenvalue weighted by molar-refractivity contribution is 5.94. The van der Waals surface area contributed by atoms with E-state index in [-0.39, 0.29) is 5.75 Å². The predicted molar refractivity (Wildman–Crippen MR) is 97.3 cm³/mol. The van der Waals surface area contributed by atoms with Crippen molar-refractivity contribution in [3.63, 3.8) is 0 Å². The lowest BCUT2D eigenvalue weighted by Gasteiger charge is -2.10. The van der Waals surface area contributed by atoms with Crippen molar-refractivity contribution in [2.24, 2.45) is 0 Å². The van der Waals surface area contributed by atoms with E-state index < -0.39 is 12.3 Å². The van der Waals surface area contributed by atoms with Crippen LogP contribution >= 0.6 is 0 Å². The number of benzene rings is 2. The molecule has 0 amide bonds. The molecule has 28 heavy (non-hydrogen) atoms. The van der Waals surface area contributed by atoms with Gasteiger partial charge in [-0.25, -0.2) is 4.79 Å². The van der Waals surface area contributed by atoms with E-state index >= 15 is 0 Å². The van der Waals surface area contributed by atoms with Gasteiger partial charge in [0.15, 0.2) is 11.5 Å². The molecule has 0 radical (unpaired) electrons. The minimum atomic E-state index is -4.76. The summed E-state index contributed by atoms with van der Waals surface area (Å²) >= 11 is 0. The number of carboxylic acid groups (broad SMARTS) is 1. The summed E-state index contributed by atoms with van der Waals surface area (Å²) in [5.74, 6) is -0.572. The van der Waals surface area contributed by atoms with Gasteiger partial charge in [0.2, 0.25) is 0 Å². The van der Waals surface area contributed by atoms with Crippen LogP contribution in [-0.4, -0.2) is 31.7 Å². The molecule has 1 N–H and O–H groups in total. The van der Waals surface area contributed by atoms with Gasteiger partial charge in [0.25, 0.3) is 0 Å². The van der Waals surface area contributed by atoms with Crippen LogP contribution in [0.5, 0.6) is 17.2 Å². The Hall–Kier alpha value is -3.42. The second-order valence-corrected chi connectivity index (χ2v) is 5.46. The molecule has 0 aromatic heterocycles. The number of alkyl halides is 3. The maximum Gasteiger partial charge on any atom is 0.573 e. The average Bonchev–Trinajstić information content (AvgIpc) is 2.64. The largest absolute Gasteiger partial charge is 0.573 e. The molecule has 0 aliphatic rings. The molecular weight excluding hydrogens is 377 g/mol. The number of hydrogen-bond acceptors (Lipinski definition) is 4. The number of aliphatic carboxylic acids is 1. The van der Waals surface area contributed by atoms with Crippen molar-refractivity contribution in [1.29, 1.82) is 0 Å². The van der Waals surface area contributed by atoms with Crippen molar-refractivity contribution in [3.8, 4) is 17.2 Å². The summed E-state index contributed by atoms with van der Waals surface area (Å²) in [5, 5.41) is 9.12. The van der Waals surface area contributed by atoms with Gasteiger partial charge in [0.05, 0.1) is 14.2 Å². The maximum atomic E-state index is 12.2. The fraction of sp³-hybridized carbons (Fsp3) is 0.150. The predicted octanol–water partition coefficient (Wildman–Crippen LogP) is 4.78. The molecule has 8 heteroatoms. The molecule has 0 saturated heterocycles. The van der Waals surface area contributed by atoms with Crippen molar-refractivity contribution in [2.45, 2.75) is 6.36 Å². The fourth-order valence-electron chi connectivity index (χ4n) is 2.34. The van der Waals surface area contributed by atoms with E-state index in [9.17, 15) is 18.0 Å². The lowest BCUT2D eigenvalue weighted by molar-refractivity contribution is -0.274. The molecule has 0 bridgehead atoms. The summed E-state index contributed by atoms with van der Waals surface area (Å²) in [6.07, 6.45) is -0.640. The number of hydrogen-bond donors (Lipinski definition) is 1. The van der Waals surface area contributed by atoms with Crippen molar-refractivity contribution in [3.05, 3.63) is 65.7 Å². The number of methoxy groups -OCH3 is 2. The Morgan fingerprint density at radius 1 is 1.00 bits per heavy atom. The zero-order valence-corrected chi connectivity index (χ0v) is 15.0. The molecule has 0 aliphatic carbocycles. The molecule has 0 spiro atoms. The molecule has 5 nitrogen and oxygen atoms in total. The van der Waals surface area contributed by atoms with Gasteiger partial charge in [0.1, 0.15) is 5.75 Å². The monoisotopic (exact) mass is 394 g/mol. The van der Waals surface area contributed by atoms with Crippen molar-refractivity contribution >= 4 is 17.6 Å². The summed E-state index contributed by atoms with van der Waals surface area (Å²) in [6, 6.07) is 10.1. The van der Waals surface area contributed by atoms with Crippen molar-refractivity contribution in [2.75, 3.05) is 14.2 Å². The first-order chi connectivity index (χ1) is 13.2. The van der Waals surface area contributed by atoms with Crippen molar-refractivity contribution in [1.82, 2.24) is 0 Å². The first-order valence-corrected chi connectivity index (χ1v) is 7.93. The first kappa shape index (κ1) is 20.9. The van der Waals surface area contributed by atoms with E-state index in [0.29, 0.717) is 28.2 Å². The molecule has 0 fully saturated rings. The third kappa shape index (κ3) is 6.08. The third-order valence-electron chi connectivity index (χ3n) is 3.56. The van der Waals surface area contributed by atoms with Gasteiger partial charge in [-0.15, -0.1) is 13.2 Å². The lowest BCUT2D eigenvalue weighted by Crippen LogP contribution is -2.16. The molecule has 0 atom stereocenters. The minimum Gasteiger partial charge on any atom is -0.493 e. The molecule has 2 rings (SSSR count). The molecule has 0 unspecified atom stereocenters. The zero-order chi connectivity index (χ0) is 20.7. The van der Waals surface area contributed by atoms with E-state index in [0.717, 1.165) is 6.08 Å². The summed E-state index contributed by atoms with van der Waals surface area (Å²) in [4.78, 5) is 11.2. The molecule has 0 saturated carbocycles. The number of carboxylic acids is 1. The van der Waals surface area contributed by atoms with Crippen LogP contribution in [0.15, 0.2) is 54.6 Å². The third-order valence-corrected chi connectivity index (χ3v) is 3.56. The Kier molecular flexibility index (Phi) is 6.70. The number of carbonyl (C=O) groups is 1. The second kappa shape index (κ2) is 8.98. The average molecular weight is 394 g/mol. The topological polar surface area (TPSA) is 65.0 Å². The lowest BCUT2D eigenvalue weighted by atomic mass is 10.0. The maximum absolute atomic E-state index is 12.2. The van der Waals surface area contributed by atoms with E-state index in [4.69, 9.17) is 14.6 Å². The number of ether oxygens (including phenoxy) is 3. The van der Waals surface area contributed by atoms with Crippen LogP contribution in [-0.2, 0) is 4.79 Å². The fourth-order valence-corrected chi connectivity index (χ4v) is 2.34. The van der Waals surface area contributed by atoms with Crippen LogP contribution in [0.3, 0.4) is 0 Å². The summed E-state index contributed by atoms with van der Waals surface area (Å²) < 4.78 is 50.8. The van der Waals surface area contributed by atoms with Crippen LogP contribution in [0.1, 0.15) is 11.1 Å². The van der Waals surface area contributed by atoms with Gasteiger partial charge in [-0.05, 0) is 41.0 Å². The first-order valence-electron chi connectivity index (χ1n) is 7.93. The van der Waals surface area contributed by atoms with Gasteiger partial charge in [-0.1, -0.05) is 30.4 Å². The molecule has 0 aliphatic heterocycles. The van der Waals surface area contributed by atoms with Crippen molar-refractivity contribution < 1.29 is 37.3 Å². The van der Waals surface area contributed by atoms with Gasteiger partial charge in [-0.3, -0.25) is 0 Å². The smallest absolute Gasteiger partial charge is 0.493 e. The molecule has 0 heterocycles. The highest BCUT2D eigenvalue weighted by atomic mass is 19.4. The standard InChI is InChI=1S/C20H17F3O5/c1-26-17-10-7-14(11-18(17)27-2)15(12-19(24)25)6-3-13-4-8-16(9-5-13)28-20(21,22)23/h3-12H,1-2H3,(H,24,25)/b6-3+,15-12-. The molecule has 148 valence electrons. The second-order valence-electron chi connectivity index (χ2n) is 5.46.